The highest BCUT2D eigenvalue weighted by Gasteiger charge is 2.10. The van der Waals surface area contributed by atoms with Gasteiger partial charge in [0.25, 0.3) is 0 Å². The van der Waals surface area contributed by atoms with Gasteiger partial charge in [0.05, 0.1) is 18.2 Å². The highest BCUT2D eigenvalue weighted by molar-refractivity contribution is 9.10. The molecule has 4 heteroatoms. The van der Waals surface area contributed by atoms with Gasteiger partial charge in [0.1, 0.15) is 6.61 Å². The maximum Gasteiger partial charge on any atom is 0.175 e. The third kappa shape index (κ3) is 3.25. The minimum absolute atomic E-state index is 0.0237. The van der Waals surface area contributed by atoms with E-state index in [0.717, 1.165) is 10.0 Å². The van der Waals surface area contributed by atoms with Crippen LogP contribution in [0.25, 0.3) is 0 Å². The molecule has 88 valence electrons. The minimum Gasteiger partial charge on any atom is -0.493 e. The van der Waals surface area contributed by atoms with Crippen LogP contribution in [-0.4, -0.2) is 18.8 Å². The van der Waals surface area contributed by atoms with Crippen LogP contribution >= 0.6 is 15.9 Å². The third-order valence-corrected chi connectivity index (χ3v) is 2.62. The molecule has 1 aromatic carbocycles. The van der Waals surface area contributed by atoms with Crippen LogP contribution in [0.2, 0.25) is 0 Å². The zero-order chi connectivity index (χ0) is 12.0. The van der Waals surface area contributed by atoms with Crippen molar-refractivity contribution in [3.8, 4) is 11.5 Å². The Morgan fingerprint density at radius 3 is 2.75 bits per heavy atom. The number of aliphatic hydroxyl groups is 1. The standard InChI is InChI=1S/C12H15BrO3/c1-3-4-5-16-12-10(13)6-9(8-14)7-11(12)15-2/h3-4,6-7,14H,5,8H2,1-2H3/b4-3+. The summed E-state index contributed by atoms with van der Waals surface area (Å²) < 4.78 is 11.5. The van der Waals surface area contributed by atoms with Gasteiger partial charge in [-0.2, -0.15) is 0 Å². The molecule has 0 fully saturated rings. The van der Waals surface area contributed by atoms with Gasteiger partial charge in [-0.15, -0.1) is 0 Å². The number of methoxy groups -OCH3 is 1. The van der Waals surface area contributed by atoms with E-state index in [9.17, 15) is 0 Å². The van der Waals surface area contributed by atoms with Crippen LogP contribution in [0.4, 0.5) is 0 Å². The van der Waals surface area contributed by atoms with Crippen molar-refractivity contribution in [2.45, 2.75) is 13.5 Å². The maximum absolute atomic E-state index is 9.06. The quantitative estimate of drug-likeness (QED) is 0.846. The summed E-state index contributed by atoms with van der Waals surface area (Å²) in [4.78, 5) is 0. The molecule has 16 heavy (non-hydrogen) atoms. The summed E-state index contributed by atoms with van der Waals surface area (Å²) in [5, 5.41) is 9.06. The third-order valence-electron chi connectivity index (χ3n) is 2.03. The van der Waals surface area contributed by atoms with Gasteiger partial charge in [0.2, 0.25) is 0 Å². The second-order valence-electron chi connectivity index (χ2n) is 3.15. The van der Waals surface area contributed by atoms with Crippen LogP contribution in [0.1, 0.15) is 12.5 Å². The van der Waals surface area contributed by atoms with Crippen molar-refractivity contribution in [3.05, 3.63) is 34.3 Å². The van der Waals surface area contributed by atoms with Crippen molar-refractivity contribution < 1.29 is 14.6 Å². The van der Waals surface area contributed by atoms with Crippen molar-refractivity contribution in [3.63, 3.8) is 0 Å². The fourth-order valence-corrected chi connectivity index (χ4v) is 1.84. The van der Waals surface area contributed by atoms with Gasteiger partial charge in [-0.3, -0.25) is 0 Å². The van der Waals surface area contributed by atoms with Crippen molar-refractivity contribution in [1.82, 2.24) is 0 Å². The first-order valence-electron chi connectivity index (χ1n) is 4.94. The molecule has 3 nitrogen and oxygen atoms in total. The Morgan fingerprint density at radius 1 is 1.44 bits per heavy atom. The summed E-state index contributed by atoms with van der Waals surface area (Å²) in [6, 6.07) is 3.57. The molecule has 0 saturated heterocycles. The molecular formula is C12H15BrO3. The van der Waals surface area contributed by atoms with Crippen LogP contribution < -0.4 is 9.47 Å². The summed E-state index contributed by atoms with van der Waals surface area (Å²) in [5.74, 6) is 1.26. The number of hydrogen-bond donors (Lipinski definition) is 1. The normalized spacial score (nSPS) is 10.8. The molecule has 0 aliphatic heterocycles. The highest BCUT2D eigenvalue weighted by atomic mass is 79.9. The average Bonchev–Trinajstić information content (AvgIpc) is 2.30. The molecule has 1 rings (SSSR count). The van der Waals surface area contributed by atoms with Crippen LogP contribution in [-0.2, 0) is 6.61 Å². The van der Waals surface area contributed by atoms with E-state index >= 15 is 0 Å². The predicted octanol–water partition coefficient (Wildman–Crippen LogP) is 2.90. The van der Waals surface area contributed by atoms with E-state index < -0.39 is 0 Å². The lowest BCUT2D eigenvalue weighted by molar-refractivity contribution is 0.279. The van der Waals surface area contributed by atoms with Gasteiger partial charge in [-0.1, -0.05) is 12.2 Å². The molecule has 0 amide bonds. The van der Waals surface area contributed by atoms with Crippen LogP contribution in [0.5, 0.6) is 11.5 Å². The van der Waals surface area contributed by atoms with Gasteiger partial charge < -0.3 is 14.6 Å². The lowest BCUT2D eigenvalue weighted by Crippen LogP contribution is -1.98. The molecule has 0 aromatic heterocycles. The molecule has 0 bridgehead atoms. The van der Waals surface area contributed by atoms with E-state index in [0.29, 0.717) is 18.1 Å². The molecule has 0 aliphatic rings. The van der Waals surface area contributed by atoms with Crippen molar-refractivity contribution in [1.29, 1.82) is 0 Å². The number of ether oxygens (including phenoxy) is 2. The van der Waals surface area contributed by atoms with E-state index in [-0.39, 0.29) is 6.61 Å². The molecule has 0 heterocycles. The Bertz CT molecular complexity index is 375. The number of benzene rings is 1. The minimum atomic E-state index is -0.0237. The Kier molecular flexibility index (Phi) is 5.35. The predicted molar refractivity (Wildman–Crippen MR) is 66.9 cm³/mol. The first kappa shape index (κ1) is 13.1. The molecular weight excluding hydrogens is 272 g/mol. The molecule has 0 saturated carbocycles. The summed E-state index contributed by atoms with van der Waals surface area (Å²) in [5.41, 5.74) is 0.780. The summed E-state index contributed by atoms with van der Waals surface area (Å²) in [6.45, 7) is 2.40. The van der Waals surface area contributed by atoms with Crippen molar-refractivity contribution in [2.24, 2.45) is 0 Å². The molecule has 1 N–H and O–H groups in total. The average molecular weight is 287 g/mol. The SMILES string of the molecule is C/C=C/COc1c(Br)cc(CO)cc1OC. The number of halogens is 1. The largest absolute Gasteiger partial charge is 0.493 e. The van der Waals surface area contributed by atoms with E-state index in [2.05, 4.69) is 15.9 Å². The van der Waals surface area contributed by atoms with E-state index in [1.165, 1.54) is 0 Å². The first-order valence-corrected chi connectivity index (χ1v) is 5.73. The summed E-state index contributed by atoms with van der Waals surface area (Å²) in [7, 11) is 1.57. The van der Waals surface area contributed by atoms with E-state index in [1.807, 2.05) is 25.1 Å². The summed E-state index contributed by atoms with van der Waals surface area (Å²) in [6.07, 6.45) is 3.83. The highest BCUT2D eigenvalue weighted by Crippen LogP contribution is 2.36. The molecule has 0 aliphatic carbocycles. The van der Waals surface area contributed by atoms with Crippen molar-refractivity contribution in [2.75, 3.05) is 13.7 Å². The van der Waals surface area contributed by atoms with Gasteiger partial charge in [0, 0.05) is 0 Å². The Hall–Kier alpha value is -1.00. The number of hydrogen-bond acceptors (Lipinski definition) is 3. The lowest BCUT2D eigenvalue weighted by Gasteiger charge is -2.12. The molecule has 0 atom stereocenters. The van der Waals surface area contributed by atoms with Gasteiger partial charge in [-0.25, -0.2) is 0 Å². The van der Waals surface area contributed by atoms with Crippen molar-refractivity contribution >= 4 is 15.9 Å². The number of allylic oxidation sites excluding steroid dienone is 1. The van der Waals surface area contributed by atoms with Gasteiger partial charge in [-0.05, 0) is 40.5 Å². The molecule has 1 aromatic rings. The monoisotopic (exact) mass is 286 g/mol. The van der Waals surface area contributed by atoms with Crippen LogP contribution in [0.3, 0.4) is 0 Å². The van der Waals surface area contributed by atoms with E-state index in [4.69, 9.17) is 14.6 Å². The summed E-state index contributed by atoms with van der Waals surface area (Å²) >= 11 is 3.39. The Labute approximate surface area is 104 Å². The van der Waals surface area contributed by atoms with E-state index in [1.54, 1.807) is 13.2 Å². The fourth-order valence-electron chi connectivity index (χ4n) is 1.23. The smallest absolute Gasteiger partial charge is 0.175 e. The number of rotatable bonds is 5. The second kappa shape index (κ2) is 6.55. The zero-order valence-corrected chi connectivity index (χ0v) is 11.0. The van der Waals surface area contributed by atoms with Crippen LogP contribution in [0, 0.1) is 0 Å². The fraction of sp³-hybridized carbons (Fsp3) is 0.333. The Morgan fingerprint density at radius 2 is 2.19 bits per heavy atom. The molecule has 0 unspecified atom stereocenters. The second-order valence-corrected chi connectivity index (χ2v) is 4.00. The van der Waals surface area contributed by atoms with Gasteiger partial charge >= 0.3 is 0 Å². The van der Waals surface area contributed by atoms with Crippen LogP contribution in [0.15, 0.2) is 28.8 Å². The topological polar surface area (TPSA) is 38.7 Å². The first-order chi connectivity index (χ1) is 7.72. The maximum atomic E-state index is 9.06. The zero-order valence-electron chi connectivity index (χ0n) is 9.37. The number of aliphatic hydroxyl groups excluding tert-OH is 1. The van der Waals surface area contributed by atoms with Gasteiger partial charge in [0.15, 0.2) is 11.5 Å². The molecule has 0 spiro atoms. The Balaban J connectivity index is 2.96. The lowest BCUT2D eigenvalue weighted by atomic mass is 10.2. The molecule has 0 radical (unpaired) electrons.